The van der Waals surface area contributed by atoms with Crippen LogP contribution < -0.4 is 10.5 Å². The highest BCUT2D eigenvalue weighted by atomic mass is 32.1. The van der Waals surface area contributed by atoms with E-state index >= 15 is 0 Å². The van der Waals surface area contributed by atoms with Gasteiger partial charge in [0.25, 0.3) is 5.91 Å². The summed E-state index contributed by atoms with van der Waals surface area (Å²) in [6.45, 7) is 4.62. The van der Waals surface area contributed by atoms with Crippen LogP contribution in [0.2, 0.25) is 0 Å². The Hall–Kier alpha value is -1.62. The van der Waals surface area contributed by atoms with Gasteiger partial charge in [0.15, 0.2) is 0 Å². The van der Waals surface area contributed by atoms with E-state index in [0.717, 1.165) is 12.8 Å². The first kappa shape index (κ1) is 14.8. The molecule has 2 N–H and O–H groups in total. The number of amides is 1. The molecular formula is C15H20N2O2S. The first-order valence-corrected chi connectivity index (χ1v) is 7.27. The second kappa shape index (κ2) is 6.22. The summed E-state index contributed by atoms with van der Waals surface area (Å²) in [6.07, 6.45) is 1.87. The Morgan fingerprint density at radius 1 is 1.50 bits per heavy atom. The lowest BCUT2D eigenvalue weighted by Crippen LogP contribution is -2.42. The van der Waals surface area contributed by atoms with Gasteiger partial charge in [0.1, 0.15) is 5.75 Å². The predicted octanol–water partition coefficient (Wildman–Crippen LogP) is 2.36. The van der Waals surface area contributed by atoms with Gasteiger partial charge in [-0.3, -0.25) is 4.79 Å². The third-order valence-electron chi connectivity index (χ3n) is 3.29. The molecule has 1 aromatic carbocycles. The number of nitrogens with zero attached hydrogens (tertiary/aromatic N) is 1. The second-order valence-corrected chi connectivity index (χ2v) is 5.72. The zero-order valence-corrected chi connectivity index (χ0v) is 12.7. The van der Waals surface area contributed by atoms with Crippen molar-refractivity contribution in [3.05, 3.63) is 29.8 Å². The van der Waals surface area contributed by atoms with Crippen molar-refractivity contribution < 1.29 is 9.53 Å². The Kier molecular flexibility index (Phi) is 4.60. The third-order valence-corrected chi connectivity index (χ3v) is 3.57. The molecule has 1 fully saturated rings. The van der Waals surface area contributed by atoms with Gasteiger partial charge in [-0.05, 0) is 44.9 Å². The quantitative estimate of drug-likeness (QED) is 0.866. The molecule has 1 unspecified atom stereocenters. The van der Waals surface area contributed by atoms with E-state index in [-0.39, 0.29) is 18.1 Å². The lowest BCUT2D eigenvalue weighted by Gasteiger charge is -2.24. The molecule has 0 saturated carbocycles. The lowest BCUT2D eigenvalue weighted by molar-refractivity contribution is 0.0769. The van der Waals surface area contributed by atoms with Gasteiger partial charge in [0.2, 0.25) is 0 Å². The van der Waals surface area contributed by atoms with E-state index in [9.17, 15) is 4.79 Å². The van der Waals surface area contributed by atoms with Crippen molar-refractivity contribution in [1.82, 2.24) is 4.90 Å². The van der Waals surface area contributed by atoms with Gasteiger partial charge in [-0.25, -0.2) is 0 Å². The van der Waals surface area contributed by atoms with Crippen molar-refractivity contribution in [3.8, 4) is 5.75 Å². The first-order chi connectivity index (χ1) is 9.49. The van der Waals surface area contributed by atoms with Crippen LogP contribution in [0.3, 0.4) is 0 Å². The van der Waals surface area contributed by atoms with Crippen LogP contribution in [-0.2, 0) is 0 Å². The number of ether oxygens (including phenoxy) is 1. The topological polar surface area (TPSA) is 55.6 Å². The molecular weight excluding hydrogens is 272 g/mol. The molecule has 20 heavy (non-hydrogen) atoms. The molecule has 1 heterocycles. The van der Waals surface area contributed by atoms with Gasteiger partial charge >= 0.3 is 0 Å². The zero-order chi connectivity index (χ0) is 14.7. The van der Waals surface area contributed by atoms with Crippen LogP contribution in [0, 0.1) is 0 Å². The van der Waals surface area contributed by atoms with E-state index in [1.54, 1.807) is 17.0 Å². The molecule has 0 spiro atoms. The highest BCUT2D eigenvalue weighted by Gasteiger charge is 2.31. The zero-order valence-electron chi connectivity index (χ0n) is 11.8. The summed E-state index contributed by atoms with van der Waals surface area (Å²) in [7, 11) is 0. The molecule has 2 rings (SSSR count). The summed E-state index contributed by atoms with van der Waals surface area (Å²) >= 11 is 5.04. The highest BCUT2D eigenvalue weighted by molar-refractivity contribution is 7.80. The molecule has 1 aliphatic rings. The number of carbonyl (C=O) groups is 1. The molecule has 4 nitrogen and oxygen atoms in total. The average Bonchev–Trinajstić information content (AvgIpc) is 2.86. The molecule has 0 aromatic heterocycles. The standard InChI is InChI=1S/C15H20N2O2S/c1-10(2)19-12-6-3-5-11(9-12)15(18)17-8-4-7-13(17)14(16)20/h3,5-6,9-10,13H,4,7-8H2,1-2H3,(H2,16,20). The van der Waals surface area contributed by atoms with Crippen molar-refractivity contribution in [2.75, 3.05) is 6.54 Å². The monoisotopic (exact) mass is 292 g/mol. The number of nitrogens with two attached hydrogens (primary N) is 1. The fourth-order valence-corrected chi connectivity index (χ4v) is 2.69. The Labute approximate surface area is 124 Å². The molecule has 1 aromatic rings. The van der Waals surface area contributed by atoms with Crippen molar-refractivity contribution in [2.45, 2.75) is 38.8 Å². The number of carbonyl (C=O) groups excluding carboxylic acids is 1. The van der Waals surface area contributed by atoms with Gasteiger partial charge in [0, 0.05) is 12.1 Å². The van der Waals surface area contributed by atoms with Crippen LogP contribution in [0.1, 0.15) is 37.0 Å². The lowest BCUT2D eigenvalue weighted by atomic mass is 10.1. The number of rotatable bonds is 4. The maximum atomic E-state index is 12.6. The van der Waals surface area contributed by atoms with Crippen LogP contribution in [0.4, 0.5) is 0 Å². The fourth-order valence-electron chi connectivity index (χ4n) is 2.45. The highest BCUT2D eigenvalue weighted by Crippen LogP contribution is 2.22. The van der Waals surface area contributed by atoms with Gasteiger partial charge in [-0.1, -0.05) is 18.3 Å². The molecule has 1 amide bonds. The van der Waals surface area contributed by atoms with Crippen LogP contribution in [0.15, 0.2) is 24.3 Å². The minimum Gasteiger partial charge on any atom is -0.491 e. The van der Waals surface area contributed by atoms with Gasteiger partial charge < -0.3 is 15.4 Å². The van der Waals surface area contributed by atoms with E-state index < -0.39 is 0 Å². The summed E-state index contributed by atoms with van der Waals surface area (Å²) in [5, 5.41) is 0. The maximum Gasteiger partial charge on any atom is 0.254 e. The van der Waals surface area contributed by atoms with Crippen LogP contribution >= 0.6 is 12.2 Å². The number of benzene rings is 1. The second-order valence-electron chi connectivity index (χ2n) is 5.25. The first-order valence-electron chi connectivity index (χ1n) is 6.86. The van der Waals surface area contributed by atoms with Crippen molar-refractivity contribution in [2.24, 2.45) is 5.73 Å². The largest absolute Gasteiger partial charge is 0.491 e. The Bertz CT molecular complexity index is 516. The summed E-state index contributed by atoms with van der Waals surface area (Å²) < 4.78 is 5.62. The fraction of sp³-hybridized carbons (Fsp3) is 0.467. The van der Waals surface area contributed by atoms with Crippen molar-refractivity contribution in [1.29, 1.82) is 0 Å². The van der Waals surface area contributed by atoms with Crippen LogP contribution in [0.5, 0.6) is 5.75 Å². The van der Waals surface area contributed by atoms with Crippen molar-refractivity contribution in [3.63, 3.8) is 0 Å². The van der Waals surface area contributed by atoms with Crippen molar-refractivity contribution >= 4 is 23.1 Å². The summed E-state index contributed by atoms with van der Waals surface area (Å²) in [5.74, 6) is 0.673. The summed E-state index contributed by atoms with van der Waals surface area (Å²) in [6, 6.07) is 7.14. The van der Waals surface area contributed by atoms with E-state index in [2.05, 4.69) is 0 Å². The number of likely N-dealkylation sites (tertiary alicyclic amines) is 1. The molecule has 1 saturated heterocycles. The Morgan fingerprint density at radius 3 is 2.90 bits per heavy atom. The van der Waals surface area contributed by atoms with Crippen LogP contribution in [0.25, 0.3) is 0 Å². The number of thiocarbonyl (C=S) groups is 1. The minimum atomic E-state index is -0.118. The summed E-state index contributed by atoms with van der Waals surface area (Å²) in [5.41, 5.74) is 6.33. The maximum absolute atomic E-state index is 12.6. The summed E-state index contributed by atoms with van der Waals surface area (Å²) in [4.78, 5) is 14.7. The van der Waals surface area contributed by atoms with Gasteiger partial charge in [-0.15, -0.1) is 0 Å². The number of hydrogen-bond donors (Lipinski definition) is 1. The van der Waals surface area contributed by atoms with Gasteiger partial charge in [0.05, 0.1) is 17.1 Å². The smallest absolute Gasteiger partial charge is 0.254 e. The third kappa shape index (κ3) is 3.28. The van der Waals surface area contributed by atoms with E-state index in [1.165, 1.54) is 0 Å². The molecule has 1 atom stereocenters. The van der Waals surface area contributed by atoms with E-state index in [1.807, 2.05) is 26.0 Å². The molecule has 1 aliphatic heterocycles. The molecule has 108 valence electrons. The minimum absolute atomic E-state index is 0.0329. The Morgan fingerprint density at radius 2 is 2.25 bits per heavy atom. The normalized spacial score (nSPS) is 18.4. The predicted molar refractivity (Wildman–Crippen MR) is 83.0 cm³/mol. The molecule has 0 bridgehead atoms. The number of hydrogen-bond acceptors (Lipinski definition) is 3. The molecule has 0 aliphatic carbocycles. The Balaban J connectivity index is 2.18. The average molecular weight is 292 g/mol. The molecule has 5 heteroatoms. The van der Waals surface area contributed by atoms with Crippen LogP contribution in [-0.4, -0.2) is 34.5 Å². The van der Waals surface area contributed by atoms with E-state index in [0.29, 0.717) is 22.8 Å². The van der Waals surface area contributed by atoms with E-state index in [4.69, 9.17) is 22.7 Å². The SMILES string of the molecule is CC(C)Oc1cccc(C(=O)N2CCCC2C(N)=S)c1. The van der Waals surface area contributed by atoms with Gasteiger partial charge in [-0.2, -0.15) is 0 Å². The molecule has 0 radical (unpaired) electrons.